The largest absolute Gasteiger partial charge is 0.292 e. The molecule has 1 nitrogen and oxygen atoms in total. The van der Waals surface area contributed by atoms with Crippen molar-refractivity contribution in [1.29, 1.82) is 0 Å². The van der Waals surface area contributed by atoms with Crippen LogP contribution in [0.4, 0.5) is 0 Å². The first-order valence-corrected chi connectivity index (χ1v) is 6.91. The topological polar surface area (TPSA) is 3.24 Å². The van der Waals surface area contributed by atoms with Gasteiger partial charge in [0.15, 0.2) is 0 Å². The van der Waals surface area contributed by atoms with E-state index < -0.39 is 0 Å². The first kappa shape index (κ1) is 12.4. The summed E-state index contributed by atoms with van der Waals surface area (Å²) < 4.78 is 0. The van der Waals surface area contributed by atoms with E-state index >= 15 is 0 Å². The molecule has 3 rings (SSSR count). The molecule has 4 unspecified atom stereocenters. The fourth-order valence-electron chi connectivity index (χ4n) is 4.28. The fraction of sp³-hybridized carbons (Fsp3) is 1.00. The van der Waals surface area contributed by atoms with Crippen molar-refractivity contribution in [1.82, 2.24) is 4.90 Å². The molecule has 0 aromatic heterocycles. The highest BCUT2D eigenvalue weighted by Gasteiger charge is 2.54. The highest BCUT2D eigenvalue weighted by atomic mass is 15.3. The summed E-state index contributed by atoms with van der Waals surface area (Å²) in [6.07, 6.45) is 2.86. The van der Waals surface area contributed by atoms with Crippen molar-refractivity contribution in [3.63, 3.8) is 0 Å². The van der Waals surface area contributed by atoms with Crippen molar-refractivity contribution in [2.45, 2.75) is 78.9 Å². The Morgan fingerprint density at radius 3 is 1.88 bits per heavy atom. The molecule has 16 heavy (non-hydrogen) atoms. The van der Waals surface area contributed by atoms with Crippen molar-refractivity contribution in [3.05, 3.63) is 0 Å². The van der Waals surface area contributed by atoms with Gasteiger partial charge in [0.25, 0.3) is 0 Å². The normalized spacial score (nSPS) is 40.7. The minimum absolute atomic E-state index is 0.366. The molecule has 94 valence electrons. The van der Waals surface area contributed by atoms with Crippen molar-refractivity contribution >= 4 is 0 Å². The van der Waals surface area contributed by atoms with E-state index in [4.69, 9.17) is 0 Å². The van der Waals surface area contributed by atoms with Gasteiger partial charge in [0.05, 0.1) is 0 Å². The molecule has 2 saturated heterocycles. The zero-order chi connectivity index (χ0) is 12.3. The fourth-order valence-corrected chi connectivity index (χ4v) is 4.28. The van der Waals surface area contributed by atoms with Crippen LogP contribution in [0, 0.1) is 17.3 Å². The maximum absolute atomic E-state index is 2.78. The van der Waals surface area contributed by atoms with Crippen molar-refractivity contribution in [2.24, 2.45) is 17.3 Å². The van der Waals surface area contributed by atoms with Gasteiger partial charge in [-0.25, -0.2) is 0 Å². The lowest BCUT2D eigenvalue weighted by atomic mass is 9.58. The number of hydrogen-bond donors (Lipinski definition) is 0. The predicted molar refractivity (Wildman–Crippen MR) is 70.5 cm³/mol. The van der Waals surface area contributed by atoms with E-state index in [2.05, 4.69) is 53.4 Å². The van der Waals surface area contributed by atoms with Crippen LogP contribution < -0.4 is 0 Å². The monoisotopic (exact) mass is 223 g/mol. The summed E-state index contributed by atoms with van der Waals surface area (Å²) in [5, 5.41) is 0. The van der Waals surface area contributed by atoms with Gasteiger partial charge in [-0.1, -0.05) is 27.7 Å². The summed E-state index contributed by atoms with van der Waals surface area (Å²) in [7, 11) is 0. The molecule has 0 aromatic carbocycles. The highest BCUT2D eigenvalue weighted by Crippen LogP contribution is 2.53. The van der Waals surface area contributed by atoms with Crippen LogP contribution in [-0.4, -0.2) is 22.5 Å². The Morgan fingerprint density at radius 2 is 1.50 bits per heavy atom. The van der Waals surface area contributed by atoms with E-state index in [1.807, 2.05) is 0 Å². The Kier molecular flexibility index (Phi) is 2.70. The molecular formula is C15H29N. The predicted octanol–water partition coefficient (Wildman–Crippen LogP) is 3.93. The number of piperidine rings is 1. The average molecular weight is 223 g/mol. The number of hydrogen-bond acceptors (Lipinski definition) is 1. The molecule has 3 fully saturated rings. The van der Waals surface area contributed by atoms with Gasteiger partial charge in [0.2, 0.25) is 0 Å². The van der Waals surface area contributed by atoms with Crippen molar-refractivity contribution in [3.8, 4) is 0 Å². The standard InChI is InChI=1S/C15H29N/c1-10-12(14(2,3)4)8-11-9-13(10)16(11)15(5,6)7/h10-13H,8-9H2,1-7H3. The van der Waals surface area contributed by atoms with Gasteiger partial charge in [0.1, 0.15) is 0 Å². The Bertz CT molecular complexity index is 252. The Morgan fingerprint density at radius 1 is 0.938 bits per heavy atom. The summed E-state index contributed by atoms with van der Waals surface area (Å²) in [6, 6.07) is 1.72. The molecule has 0 N–H and O–H groups in total. The SMILES string of the molecule is CC1C2CC(CC1C(C)(C)C)N2C(C)(C)C. The van der Waals surface area contributed by atoms with Crippen LogP contribution in [0.1, 0.15) is 61.3 Å². The van der Waals surface area contributed by atoms with Gasteiger partial charge < -0.3 is 0 Å². The summed E-state index contributed by atoms with van der Waals surface area (Å²) in [5.74, 6) is 1.78. The Labute approximate surface area is 102 Å². The van der Waals surface area contributed by atoms with Gasteiger partial charge in [-0.3, -0.25) is 4.90 Å². The molecule has 0 aromatic rings. The molecular weight excluding hydrogens is 194 g/mol. The van der Waals surface area contributed by atoms with E-state index in [0.717, 1.165) is 23.9 Å². The van der Waals surface area contributed by atoms with Crippen LogP contribution in [0.3, 0.4) is 0 Å². The van der Waals surface area contributed by atoms with Crippen LogP contribution >= 0.6 is 0 Å². The smallest absolute Gasteiger partial charge is 0.0147 e. The van der Waals surface area contributed by atoms with Crippen LogP contribution in [0.25, 0.3) is 0 Å². The molecule has 1 aliphatic carbocycles. The third-order valence-corrected chi connectivity index (χ3v) is 4.92. The third kappa shape index (κ3) is 1.81. The second kappa shape index (κ2) is 3.48. The summed E-state index contributed by atoms with van der Waals surface area (Å²) in [5.41, 5.74) is 0.852. The molecule has 0 radical (unpaired) electrons. The molecule has 2 bridgehead atoms. The average Bonchev–Trinajstić information content (AvgIpc) is 1.96. The summed E-state index contributed by atoms with van der Waals surface area (Å²) in [6.45, 7) is 16.8. The first-order valence-electron chi connectivity index (χ1n) is 6.91. The second-order valence-corrected chi connectivity index (χ2v) is 8.10. The zero-order valence-electron chi connectivity index (χ0n) is 12.2. The van der Waals surface area contributed by atoms with Crippen LogP contribution in [-0.2, 0) is 0 Å². The lowest BCUT2D eigenvalue weighted by Crippen LogP contribution is -2.70. The number of nitrogens with zero attached hydrogens (tertiary/aromatic N) is 1. The van der Waals surface area contributed by atoms with Crippen LogP contribution in [0.15, 0.2) is 0 Å². The lowest BCUT2D eigenvalue weighted by molar-refractivity contribution is -0.155. The Hall–Kier alpha value is -0.0400. The molecule has 2 aliphatic heterocycles. The first-order chi connectivity index (χ1) is 7.12. The third-order valence-electron chi connectivity index (χ3n) is 4.92. The molecule has 4 atom stereocenters. The van der Waals surface area contributed by atoms with E-state index in [1.165, 1.54) is 12.8 Å². The minimum atomic E-state index is 0.366. The van der Waals surface area contributed by atoms with E-state index in [-0.39, 0.29) is 0 Å². The molecule has 3 aliphatic rings. The quantitative estimate of drug-likeness (QED) is 0.601. The maximum Gasteiger partial charge on any atom is 0.0147 e. The van der Waals surface area contributed by atoms with Crippen LogP contribution in [0.5, 0.6) is 0 Å². The van der Waals surface area contributed by atoms with Crippen LogP contribution in [0.2, 0.25) is 0 Å². The molecule has 0 spiro atoms. The molecule has 1 heteroatoms. The highest BCUT2D eigenvalue weighted by molar-refractivity contribution is 5.08. The summed E-state index contributed by atoms with van der Waals surface area (Å²) in [4.78, 5) is 2.78. The van der Waals surface area contributed by atoms with E-state index in [9.17, 15) is 0 Å². The molecule has 0 amide bonds. The van der Waals surface area contributed by atoms with E-state index in [1.54, 1.807) is 0 Å². The summed E-state index contributed by atoms with van der Waals surface area (Å²) >= 11 is 0. The second-order valence-electron chi connectivity index (χ2n) is 8.10. The van der Waals surface area contributed by atoms with Gasteiger partial charge >= 0.3 is 0 Å². The zero-order valence-corrected chi connectivity index (χ0v) is 12.2. The Balaban J connectivity index is 2.14. The van der Waals surface area contributed by atoms with Gasteiger partial charge in [-0.2, -0.15) is 0 Å². The van der Waals surface area contributed by atoms with Crippen molar-refractivity contribution < 1.29 is 0 Å². The molecule has 2 heterocycles. The lowest BCUT2D eigenvalue weighted by Gasteiger charge is -2.65. The molecule has 1 saturated carbocycles. The van der Waals surface area contributed by atoms with Crippen molar-refractivity contribution in [2.75, 3.05) is 0 Å². The van der Waals surface area contributed by atoms with Gasteiger partial charge in [-0.15, -0.1) is 0 Å². The van der Waals surface area contributed by atoms with Gasteiger partial charge in [0, 0.05) is 17.6 Å². The van der Waals surface area contributed by atoms with Gasteiger partial charge in [-0.05, 0) is 50.9 Å². The maximum atomic E-state index is 2.78. The minimum Gasteiger partial charge on any atom is -0.292 e. The van der Waals surface area contributed by atoms with E-state index in [0.29, 0.717) is 11.0 Å². The number of rotatable bonds is 0. The number of fused-ring (bicyclic) bond motifs is 2.